The van der Waals surface area contributed by atoms with Gasteiger partial charge in [0.25, 0.3) is 0 Å². The van der Waals surface area contributed by atoms with Crippen LogP contribution in [0.5, 0.6) is 0 Å². The minimum absolute atomic E-state index is 0.00667. The maximum atomic E-state index is 12.5. The lowest BCUT2D eigenvalue weighted by Gasteiger charge is -2.36. The van der Waals surface area contributed by atoms with Gasteiger partial charge in [-0.3, -0.25) is 0 Å². The van der Waals surface area contributed by atoms with Crippen LogP contribution in [0.15, 0.2) is 30.3 Å². The first-order chi connectivity index (χ1) is 12.0. The van der Waals surface area contributed by atoms with Gasteiger partial charge in [-0.2, -0.15) is 0 Å². The summed E-state index contributed by atoms with van der Waals surface area (Å²) in [7, 11) is 0. The summed E-state index contributed by atoms with van der Waals surface area (Å²) < 4.78 is 0. The van der Waals surface area contributed by atoms with Gasteiger partial charge in [-0.05, 0) is 23.8 Å². The number of carbonyl (C=O) groups is 2. The number of amides is 4. The number of nitrogens with zero attached hydrogens (tertiary/aromatic N) is 2. The summed E-state index contributed by atoms with van der Waals surface area (Å²) in [5, 5.41) is 5.95. The maximum Gasteiger partial charge on any atom is 0.317 e. The molecule has 2 unspecified atom stereocenters. The fourth-order valence-corrected chi connectivity index (χ4v) is 3.58. The number of hydrogen-bond donors (Lipinski definition) is 2. The zero-order valence-electron chi connectivity index (χ0n) is 15.1. The summed E-state index contributed by atoms with van der Waals surface area (Å²) in [6, 6.07) is 10.5. The lowest BCUT2D eigenvalue weighted by Crippen LogP contribution is -2.56. The highest BCUT2D eigenvalue weighted by Gasteiger charge is 2.36. The number of rotatable bonds is 5. The first-order valence-corrected chi connectivity index (χ1v) is 9.15. The average molecular weight is 344 g/mol. The summed E-state index contributed by atoms with van der Waals surface area (Å²) >= 11 is 0. The molecule has 2 heterocycles. The predicted molar refractivity (Wildman–Crippen MR) is 97.3 cm³/mol. The molecule has 1 aromatic carbocycles. The van der Waals surface area contributed by atoms with Gasteiger partial charge in [0.05, 0.1) is 6.04 Å². The normalized spacial score (nSPS) is 21.1. The molecule has 2 atom stereocenters. The van der Waals surface area contributed by atoms with Crippen LogP contribution in [0.2, 0.25) is 0 Å². The van der Waals surface area contributed by atoms with Crippen LogP contribution in [-0.2, 0) is 6.42 Å². The molecule has 3 rings (SSSR count). The molecule has 4 amide bonds. The molecule has 0 spiro atoms. The van der Waals surface area contributed by atoms with Crippen LogP contribution in [0.3, 0.4) is 0 Å². The Balaban J connectivity index is 1.51. The topological polar surface area (TPSA) is 64.7 Å². The third-order valence-corrected chi connectivity index (χ3v) is 5.32. The molecular formula is C19H28N4O2. The van der Waals surface area contributed by atoms with Crippen LogP contribution in [0, 0.1) is 11.8 Å². The Morgan fingerprint density at radius 2 is 2.04 bits per heavy atom. The molecule has 2 aliphatic rings. The van der Waals surface area contributed by atoms with E-state index in [-0.39, 0.29) is 18.1 Å². The van der Waals surface area contributed by atoms with Crippen molar-refractivity contribution in [2.45, 2.75) is 26.3 Å². The van der Waals surface area contributed by atoms with E-state index < -0.39 is 0 Å². The van der Waals surface area contributed by atoms with E-state index in [1.165, 1.54) is 5.56 Å². The van der Waals surface area contributed by atoms with Gasteiger partial charge < -0.3 is 20.4 Å². The molecule has 2 aliphatic heterocycles. The number of hydrogen-bond acceptors (Lipinski definition) is 2. The van der Waals surface area contributed by atoms with E-state index >= 15 is 0 Å². The summed E-state index contributed by atoms with van der Waals surface area (Å²) in [6.45, 7) is 7.53. The van der Waals surface area contributed by atoms with Crippen molar-refractivity contribution in [3.05, 3.63) is 35.9 Å². The molecule has 0 radical (unpaired) electrons. The van der Waals surface area contributed by atoms with Crippen LogP contribution in [0.1, 0.15) is 19.4 Å². The van der Waals surface area contributed by atoms with Gasteiger partial charge in [0.15, 0.2) is 0 Å². The van der Waals surface area contributed by atoms with Crippen molar-refractivity contribution in [2.24, 2.45) is 11.8 Å². The molecule has 136 valence electrons. The minimum Gasteiger partial charge on any atom is -0.338 e. The van der Waals surface area contributed by atoms with Crippen molar-refractivity contribution in [1.29, 1.82) is 0 Å². The van der Waals surface area contributed by atoms with Crippen LogP contribution in [-0.4, -0.2) is 60.6 Å². The lowest BCUT2D eigenvalue weighted by molar-refractivity contribution is 0.128. The molecule has 2 fully saturated rings. The second kappa shape index (κ2) is 7.76. The number of fused-ring (bicyclic) bond motifs is 1. The van der Waals surface area contributed by atoms with Crippen molar-refractivity contribution in [3.8, 4) is 0 Å². The fourth-order valence-electron chi connectivity index (χ4n) is 3.58. The van der Waals surface area contributed by atoms with Crippen LogP contribution in [0.4, 0.5) is 9.59 Å². The van der Waals surface area contributed by atoms with E-state index in [9.17, 15) is 9.59 Å². The molecule has 0 saturated carbocycles. The lowest BCUT2D eigenvalue weighted by atomic mass is 9.89. The summed E-state index contributed by atoms with van der Waals surface area (Å²) in [4.78, 5) is 27.8. The molecule has 0 aromatic heterocycles. The number of nitrogens with one attached hydrogen (secondary N) is 2. The summed E-state index contributed by atoms with van der Waals surface area (Å²) in [6.07, 6.45) is 0.966. The molecule has 2 N–H and O–H groups in total. The first-order valence-electron chi connectivity index (χ1n) is 9.15. The quantitative estimate of drug-likeness (QED) is 0.857. The Labute approximate surface area is 149 Å². The van der Waals surface area contributed by atoms with Crippen molar-refractivity contribution in [1.82, 2.24) is 20.4 Å². The number of benzene rings is 1. The van der Waals surface area contributed by atoms with E-state index in [0.717, 1.165) is 6.42 Å². The van der Waals surface area contributed by atoms with E-state index in [4.69, 9.17) is 0 Å². The fraction of sp³-hybridized carbons (Fsp3) is 0.579. The SMILES string of the molecule is CC(C)C(CNC(=O)N1CCN2C(=O)NCC2C1)Cc1ccccc1. The molecular weight excluding hydrogens is 316 g/mol. The van der Waals surface area contributed by atoms with Gasteiger partial charge in [-0.15, -0.1) is 0 Å². The highest BCUT2D eigenvalue weighted by molar-refractivity contribution is 5.78. The van der Waals surface area contributed by atoms with Gasteiger partial charge in [-0.1, -0.05) is 44.2 Å². The zero-order chi connectivity index (χ0) is 17.8. The van der Waals surface area contributed by atoms with E-state index in [1.54, 1.807) is 0 Å². The Bertz CT molecular complexity index is 605. The molecule has 0 bridgehead atoms. The van der Waals surface area contributed by atoms with Crippen molar-refractivity contribution in [2.75, 3.05) is 32.7 Å². The Morgan fingerprint density at radius 1 is 1.28 bits per heavy atom. The Hall–Kier alpha value is -2.24. The summed E-state index contributed by atoms with van der Waals surface area (Å²) in [5.74, 6) is 0.899. The molecule has 2 saturated heterocycles. The largest absolute Gasteiger partial charge is 0.338 e. The van der Waals surface area contributed by atoms with Gasteiger partial charge >= 0.3 is 12.1 Å². The molecule has 25 heavy (non-hydrogen) atoms. The third kappa shape index (κ3) is 4.24. The Morgan fingerprint density at radius 3 is 2.76 bits per heavy atom. The van der Waals surface area contributed by atoms with Gasteiger partial charge in [0.1, 0.15) is 0 Å². The number of carbonyl (C=O) groups excluding carboxylic acids is 2. The molecule has 0 aliphatic carbocycles. The van der Waals surface area contributed by atoms with E-state index in [1.807, 2.05) is 15.9 Å². The number of piperazine rings is 1. The predicted octanol–water partition coefficient (Wildman–Crippen LogP) is 1.92. The highest BCUT2D eigenvalue weighted by atomic mass is 16.2. The van der Waals surface area contributed by atoms with Gasteiger partial charge in [0.2, 0.25) is 0 Å². The molecule has 6 heteroatoms. The van der Waals surface area contributed by atoms with Crippen LogP contribution < -0.4 is 10.6 Å². The van der Waals surface area contributed by atoms with E-state index in [2.05, 4.69) is 48.7 Å². The second-order valence-corrected chi connectivity index (χ2v) is 7.36. The third-order valence-electron chi connectivity index (χ3n) is 5.32. The number of urea groups is 2. The first kappa shape index (κ1) is 17.6. The Kier molecular flexibility index (Phi) is 5.46. The van der Waals surface area contributed by atoms with Crippen LogP contribution >= 0.6 is 0 Å². The average Bonchev–Trinajstić information content (AvgIpc) is 2.99. The van der Waals surface area contributed by atoms with Crippen molar-refractivity contribution in [3.63, 3.8) is 0 Å². The monoisotopic (exact) mass is 344 g/mol. The maximum absolute atomic E-state index is 12.5. The van der Waals surface area contributed by atoms with E-state index in [0.29, 0.717) is 44.6 Å². The highest BCUT2D eigenvalue weighted by Crippen LogP contribution is 2.18. The summed E-state index contributed by atoms with van der Waals surface area (Å²) in [5.41, 5.74) is 1.31. The zero-order valence-corrected chi connectivity index (χ0v) is 15.1. The van der Waals surface area contributed by atoms with Gasteiger partial charge in [0, 0.05) is 32.7 Å². The van der Waals surface area contributed by atoms with Gasteiger partial charge in [-0.25, -0.2) is 9.59 Å². The molecule has 1 aromatic rings. The van der Waals surface area contributed by atoms with Crippen molar-refractivity contribution < 1.29 is 9.59 Å². The van der Waals surface area contributed by atoms with Crippen molar-refractivity contribution >= 4 is 12.1 Å². The van der Waals surface area contributed by atoms with Crippen LogP contribution in [0.25, 0.3) is 0 Å². The molecule has 6 nitrogen and oxygen atoms in total. The standard InChI is InChI=1S/C19H28N4O2/c1-14(2)16(10-15-6-4-3-5-7-15)11-20-18(24)22-8-9-23-17(13-22)12-21-19(23)25/h3-7,14,16-17H,8-13H2,1-2H3,(H,20,24)(H,21,25). The smallest absolute Gasteiger partial charge is 0.317 e. The second-order valence-electron chi connectivity index (χ2n) is 7.36. The minimum atomic E-state index is -0.0160.